The number of piperazine rings is 1. The van der Waals surface area contributed by atoms with Crippen LogP contribution >= 0.6 is 0 Å². The van der Waals surface area contributed by atoms with E-state index < -0.39 is 5.54 Å². The number of hydrogen-bond acceptors (Lipinski definition) is 2. The minimum atomic E-state index is -0.777. The van der Waals surface area contributed by atoms with Gasteiger partial charge in [0.05, 0.1) is 0 Å². The van der Waals surface area contributed by atoms with Crippen LogP contribution in [0.2, 0.25) is 0 Å². The second kappa shape index (κ2) is 3.97. The van der Waals surface area contributed by atoms with Crippen molar-refractivity contribution < 1.29 is 9.59 Å². The Morgan fingerprint density at radius 1 is 1.22 bits per heavy atom. The lowest BCUT2D eigenvalue weighted by Crippen LogP contribution is -2.74. The third-order valence-corrected chi connectivity index (χ3v) is 4.38. The monoisotopic (exact) mass is 252 g/mol. The maximum atomic E-state index is 12.7. The molecule has 1 heterocycles. The van der Waals surface area contributed by atoms with Gasteiger partial charge in [-0.25, -0.2) is 0 Å². The van der Waals surface area contributed by atoms with Gasteiger partial charge in [-0.15, -0.1) is 0 Å². The van der Waals surface area contributed by atoms with Gasteiger partial charge < -0.3 is 10.2 Å². The van der Waals surface area contributed by atoms with E-state index >= 15 is 0 Å². The van der Waals surface area contributed by atoms with Crippen LogP contribution in [0, 0.1) is 5.92 Å². The molecule has 1 saturated heterocycles. The number of nitrogens with one attached hydrogen (secondary N) is 1. The van der Waals surface area contributed by atoms with Crippen molar-refractivity contribution in [3.63, 3.8) is 0 Å². The van der Waals surface area contributed by atoms with Crippen LogP contribution in [-0.4, -0.2) is 33.8 Å². The summed E-state index contributed by atoms with van der Waals surface area (Å²) < 4.78 is 0. The Labute approximate surface area is 109 Å². The Kier molecular flexibility index (Phi) is 2.95. The molecule has 4 nitrogen and oxygen atoms in total. The lowest BCUT2D eigenvalue weighted by Gasteiger charge is -2.56. The van der Waals surface area contributed by atoms with E-state index in [1.807, 2.05) is 18.7 Å². The third kappa shape index (κ3) is 1.82. The normalized spacial score (nSPS) is 30.1. The van der Waals surface area contributed by atoms with E-state index in [-0.39, 0.29) is 29.3 Å². The van der Waals surface area contributed by atoms with Crippen molar-refractivity contribution >= 4 is 11.8 Å². The van der Waals surface area contributed by atoms with Crippen LogP contribution in [0.25, 0.3) is 0 Å². The van der Waals surface area contributed by atoms with Gasteiger partial charge in [-0.05, 0) is 46.0 Å². The molecule has 1 saturated carbocycles. The Bertz CT molecular complexity index is 383. The highest BCUT2D eigenvalue weighted by atomic mass is 16.2. The molecule has 0 aromatic heterocycles. The molecule has 1 atom stereocenters. The Morgan fingerprint density at radius 3 is 2.17 bits per heavy atom. The second-order valence-corrected chi connectivity index (χ2v) is 6.83. The maximum Gasteiger partial charge on any atom is 0.248 e. The highest BCUT2D eigenvalue weighted by Crippen LogP contribution is 2.42. The molecule has 2 aliphatic rings. The van der Waals surface area contributed by atoms with Crippen LogP contribution in [0.5, 0.6) is 0 Å². The molecule has 0 spiro atoms. The molecule has 1 unspecified atom stereocenters. The first-order chi connectivity index (χ1) is 8.19. The minimum absolute atomic E-state index is 0.0114. The van der Waals surface area contributed by atoms with Crippen LogP contribution in [0.15, 0.2) is 0 Å². The van der Waals surface area contributed by atoms with Crippen molar-refractivity contribution in [1.29, 1.82) is 0 Å². The third-order valence-electron chi connectivity index (χ3n) is 4.38. The first-order valence-electron chi connectivity index (χ1n) is 6.85. The zero-order valence-electron chi connectivity index (χ0n) is 12.0. The van der Waals surface area contributed by atoms with Gasteiger partial charge in [-0.1, -0.05) is 13.8 Å². The SMILES string of the molecule is CC(C)C1C(=O)NC(C)(C)C(=O)N1C1(C)CCC1. The highest BCUT2D eigenvalue weighted by Gasteiger charge is 2.54. The van der Waals surface area contributed by atoms with Crippen molar-refractivity contribution in [1.82, 2.24) is 10.2 Å². The van der Waals surface area contributed by atoms with Crippen LogP contribution in [-0.2, 0) is 9.59 Å². The molecule has 102 valence electrons. The zero-order valence-corrected chi connectivity index (χ0v) is 12.0. The number of rotatable bonds is 2. The number of hydrogen-bond donors (Lipinski definition) is 1. The molecule has 2 rings (SSSR count). The van der Waals surface area contributed by atoms with Crippen molar-refractivity contribution in [3.05, 3.63) is 0 Å². The number of carbonyl (C=O) groups excluding carboxylic acids is 2. The van der Waals surface area contributed by atoms with Gasteiger partial charge in [0.25, 0.3) is 0 Å². The molecule has 1 N–H and O–H groups in total. The van der Waals surface area contributed by atoms with E-state index in [1.165, 1.54) is 0 Å². The van der Waals surface area contributed by atoms with Gasteiger partial charge in [0.1, 0.15) is 11.6 Å². The van der Waals surface area contributed by atoms with E-state index in [0.29, 0.717) is 0 Å². The number of amides is 2. The van der Waals surface area contributed by atoms with Gasteiger partial charge in [0.15, 0.2) is 0 Å². The zero-order chi connectivity index (χ0) is 13.7. The first-order valence-corrected chi connectivity index (χ1v) is 6.85. The Balaban J connectivity index is 2.40. The molecule has 2 fully saturated rings. The molecular formula is C14H24N2O2. The summed E-state index contributed by atoms with van der Waals surface area (Å²) in [7, 11) is 0. The maximum absolute atomic E-state index is 12.7. The number of nitrogens with zero attached hydrogens (tertiary/aromatic N) is 1. The fourth-order valence-electron chi connectivity index (χ4n) is 3.09. The van der Waals surface area contributed by atoms with Crippen LogP contribution in [0.3, 0.4) is 0 Å². The van der Waals surface area contributed by atoms with Gasteiger partial charge >= 0.3 is 0 Å². The average Bonchev–Trinajstić information content (AvgIpc) is 2.18. The molecule has 4 heteroatoms. The minimum Gasteiger partial charge on any atom is -0.340 e. The van der Waals surface area contributed by atoms with E-state index in [1.54, 1.807) is 13.8 Å². The van der Waals surface area contributed by atoms with Crippen molar-refractivity contribution in [3.8, 4) is 0 Å². The quantitative estimate of drug-likeness (QED) is 0.813. The summed E-state index contributed by atoms with van der Waals surface area (Å²) in [4.78, 5) is 26.8. The fourth-order valence-corrected chi connectivity index (χ4v) is 3.09. The molecule has 1 aliphatic heterocycles. The largest absolute Gasteiger partial charge is 0.340 e. The predicted molar refractivity (Wildman–Crippen MR) is 69.9 cm³/mol. The van der Waals surface area contributed by atoms with Gasteiger partial charge in [0.2, 0.25) is 11.8 Å². The summed E-state index contributed by atoms with van der Waals surface area (Å²) >= 11 is 0. The van der Waals surface area contributed by atoms with Crippen molar-refractivity contribution in [2.45, 2.75) is 71.0 Å². The van der Waals surface area contributed by atoms with Crippen LogP contribution in [0.4, 0.5) is 0 Å². The highest BCUT2D eigenvalue weighted by molar-refractivity contribution is 5.99. The van der Waals surface area contributed by atoms with E-state index in [0.717, 1.165) is 19.3 Å². The summed E-state index contributed by atoms with van der Waals surface area (Å²) in [6.07, 6.45) is 3.16. The molecule has 0 bridgehead atoms. The van der Waals surface area contributed by atoms with Crippen LogP contribution in [0.1, 0.15) is 53.9 Å². The Morgan fingerprint density at radius 2 is 1.78 bits per heavy atom. The van der Waals surface area contributed by atoms with Crippen LogP contribution < -0.4 is 5.32 Å². The standard InChI is InChI=1S/C14H24N2O2/c1-9(2)10-11(17)15-13(3,4)12(18)16(10)14(5)7-6-8-14/h9-10H,6-8H2,1-5H3,(H,15,17). The summed E-state index contributed by atoms with van der Waals surface area (Å²) in [6.45, 7) is 9.70. The summed E-state index contributed by atoms with van der Waals surface area (Å²) in [5, 5.41) is 2.86. The van der Waals surface area contributed by atoms with E-state index in [2.05, 4.69) is 12.2 Å². The number of carbonyl (C=O) groups is 2. The van der Waals surface area contributed by atoms with Gasteiger partial charge in [0, 0.05) is 5.54 Å². The first kappa shape index (κ1) is 13.4. The molecule has 2 amide bonds. The topological polar surface area (TPSA) is 49.4 Å². The second-order valence-electron chi connectivity index (χ2n) is 6.83. The lowest BCUT2D eigenvalue weighted by molar-refractivity contribution is -0.167. The molecule has 1 aliphatic carbocycles. The smallest absolute Gasteiger partial charge is 0.248 e. The predicted octanol–water partition coefficient (Wildman–Crippen LogP) is 1.69. The molecule has 0 radical (unpaired) electrons. The summed E-state index contributed by atoms with van der Waals surface area (Å²) in [5.41, 5.74) is -0.901. The molecule has 18 heavy (non-hydrogen) atoms. The van der Waals surface area contributed by atoms with Gasteiger partial charge in [-0.3, -0.25) is 9.59 Å². The van der Waals surface area contributed by atoms with Crippen molar-refractivity contribution in [2.24, 2.45) is 5.92 Å². The van der Waals surface area contributed by atoms with Crippen molar-refractivity contribution in [2.75, 3.05) is 0 Å². The van der Waals surface area contributed by atoms with E-state index in [9.17, 15) is 9.59 Å². The molecular weight excluding hydrogens is 228 g/mol. The fraction of sp³-hybridized carbons (Fsp3) is 0.857. The average molecular weight is 252 g/mol. The van der Waals surface area contributed by atoms with Gasteiger partial charge in [-0.2, -0.15) is 0 Å². The lowest BCUT2D eigenvalue weighted by atomic mass is 9.73. The summed E-state index contributed by atoms with van der Waals surface area (Å²) in [6, 6.07) is -0.323. The summed E-state index contributed by atoms with van der Waals surface area (Å²) in [5.74, 6) is 0.188. The molecule has 0 aromatic rings. The molecule has 0 aromatic carbocycles. The Hall–Kier alpha value is -1.06. The van der Waals surface area contributed by atoms with E-state index in [4.69, 9.17) is 0 Å².